The molecule has 4 saturated heterocycles. The second-order valence-electron chi connectivity index (χ2n) is 14.7. The molecule has 2 aromatic carbocycles. The third kappa shape index (κ3) is 3.26. The molecule has 6 aliphatic rings. The van der Waals surface area contributed by atoms with Crippen LogP contribution in [0.5, 0.6) is 5.75 Å². The summed E-state index contributed by atoms with van der Waals surface area (Å²) >= 11 is 0. The molecule has 2 aliphatic carbocycles. The number of fused-ring (bicyclic) bond motifs is 1. The minimum atomic E-state index is -2.48. The Labute approximate surface area is 275 Å². The second kappa shape index (κ2) is 9.78. The van der Waals surface area contributed by atoms with Crippen molar-refractivity contribution in [1.29, 1.82) is 0 Å². The average Bonchev–Trinajstić information content (AvgIpc) is 3.75. The van der Waals surface area contributed by atoms with Gasteiger partial charge in [-0.05, 0) is 42.2 Å². The fourth-order valence-corrected chi connectivity index (χ4v) is 10.2. The molecule has 13 nitrogen and oxygen atoms in total. The lowest BCUT2D eigenvalue weighted by Crippen LogP contribution is -2.67. The van der Waals surface area contributed by atoms with Crippen LogP contribution < -0.4 is 4.74 Å². The molecule has 4 aliphatic heterocycles. The summed E-state index contributed by atoms with van der Waals surface area (Å²) in [6.07, 6.45) is -9.35. The molecule has 12 atom stereocenters. The van der Waals surface area contributed by atoms with Gasteiger partial charge < -0.3 is 43.4 Å². The maximum Gasteiger partial charge on any atom is 0.343 e. The van der Waals surface area contributed by atoms with Crippen molar-refractivity contribution >= 4 is 23.9 Å². The Morgan fingerprint density at radius 1 is 0.938 bits per heavy atom. The lowest BCUT2D eigenvalue weighted by atomic mass is 9.50. The van der Waals surface area contributed by atoms with E-state index in [9.17, 15) is 29.4 Å². The Morgan fingerprint density at radius 2 is 1.62 bits per heavy atom. The number of aliphatic hydroxyl groups is 2. The van der Waals surface area contributed by atoms with Crippen molar-refractivity contribution in [2.45, 2.75) is 82.3 Å². The molecule has 0 radical (unpaired) electrons. The summed E-state index contributed by atoms with van der Waals surface area (Å²) in [6, 6.07) is 15.0. The minimum absolute atomic E-state index is 0.110. The van der Waals surface area contributed by atoms with Crippen molar-refractivity contribution in [1.82, 2.24) is 0 Å². The van der Waals surface area contributed by atoms with Crippen molar-refractivity contribution < 1.29 is 62.5 Å². The SMILES string of the molecule is COc1ccc(CO[C@H]2C(=O)OC3OC45C(=O)OC6[C@H](O)[C@@H](C(C)(C)C)C32C64[C@@H](OC(=O)c2ccccc2)C2OC(=O)[C@@H](C)[C@@]25O)cc1. The standard InChI is InChI=1S/C35H36O13/c1-16-26(37)45-24-23(44-27(38)18-9-7-6-8-10-18)33-22-20(36)21(31(2,3)4)32(33)25(43-15-17-11-13-19(42-5)14-12-17)28(39)47-30(32)48-35(33,29(40)46-22)34(16,24)41/h6-14,16,20-25,30,36,41H,15H2,1-5H3/t16-,20-,21+,22?,23+,24?,25+,30?,32?,33?,34-,35?/m1/s1. The summed E-state index contributed by atoms with van der Waals surface area (Å²) in [7, 11) is 1.54. The molecule has 0 bridgehead atoms. The Balaban J connectivity index is 1.37. The maximum atomic E-state index is 14.4. The van der Waals surface area contributed by atoms with Crippen LogP contribution >= 0.6 is 0 Å². The van der Waals surface area contributed by atoms with E-state index in [4.69, 9.17) is 33.2 Å². The molecule has 0 aromatic heterocycles. The number of ether oxygens (including phenoxy) is 7. The van der Waals surface area contributed by atoms with Crippen molar-refractivity contribution in [2.75, 3.05) is 7.11 Å². The minimum Gasteiger partial charge on any atom is -0.497 e. The van der Waals surface area contributed by atoms with Gasteiger partial charge in [-0.2, -0.15) is 0 Å². The van der Waals surface area contributed by atoms with E-state index >= 15 is 0 Å². The average molecular weight is 665 g/mol. The number of esters is 4. The van der Waals surface area contributed by atoms with Crippen molar-refractivity contribution in [3.8, 4) is 5.75 Å². The summed E-state index contributed by atoms with van der Waals surface area (Å²) in [5.41, 5.74) is -8.83. The van der Waals surface area contributed by atoms with Crippen LogP contribution in [0.2, 0.25) is 0 Å². The molecule has 13 heteroatoms. The fraction of sp³-hybridized carbons (Fsp3) is 0.543. The van der Waals surface area contributed by atoms with Crippen LogP contribution in [0.4, 0.5) is 0 Å². The van der Waals surface area contributed by atoms with E-state index < -0.39 is 100.0 Å². The van der Waals surface area contributed by atoms with Gasteiger partial charge in [-0.1, -0.05) is 51.1 Å². The molecule has 2 N–H and O–H groups in total. The summed E-state index contributed by atoms with van der Waals surface area (Å²) < 4.78 is 42.2. The predicted octanol–water partition coefficient (Wildman–Crippen LogP) is 1.70. The molecule has 48 heavy (non-hydrogen) atoms. The zero-order chi connectivity index (χ0) is 34.2. The molecule has 2 aromatic rings. The topological polar surface area (TPSA) is 173 Å². The molecule has 254 valence electrons. The van der Waals surface area contributed by atoms with Crippen LogP contribution in [0.3, 0.4) is 0 Å². The Morgan fingerprint density at radius 3 is 2.27 bits per heavy atom. The van der Waals surface area contributed by atoms with E-state index in [2.05, 4.69) is 0 Å². The van der Waals surface area contributed by atoms with E-state index in [-0.39, 0.29) is 12.2 Å². The third-order valence-electron chi connectivity index (χ3n) is 11.7. The summed E-state index contributed by atoms with van der Waals surface area (Å²) in [4.78, 5) is 55.5. The first-order chi connectivity index (χ1) is 22.7. The van der Waals surface area contributed by atoms with E-state index in [0.717, 1.165) is 0 Å². The molecule has 0 amide bonds. The summed E-state index contributed by atoms with van der Waals surface area (Å²) in [5, 5.41) is 25.1. The highest BCUT2D eigenvalue weighted by atomic mass is 16.8. The maximum absolute atomic E-state index is 14.4. The molecular formula is C35H36O13. The van der Waals surface area contributed by atoms with Gasteiger partial charge in [0.2, 0.25) is 11.9 Å². The predicted molar refractivity (Wildman–Crippen MR) is 159 cm³/mol. The molecule has 8 rings (SSSR count). The van der Waals surface area contributed by atoms with Gasteiger partial charge in [0.1, 0.15) is 17.3 Å². The zero-order valence-electron chi connectivity index (χ0n) is 26.9. The van der Waals surface area contributed by atoms with Crippen LogP contribution in [0.25, 0.3) is 0 Å². The van der Waals surface area contributed by atoms with Crippen LogP contribution in [0.1, 0.15) is 43.6 Å². The number of aliphatic hydroxyl groups excluding tert-OH is 1. The monoisotopic (exact) mass is 664 g/mol. The largest absolute Gasteiger partial charge is 0.497 e. The molecular weight excluding hydrogens is 628 g/mol. The van der Waals surface area contributed by atoms with Crippen LogP contribution in [0.15, 0.2) is 54.6 Å². The second-order valence-corrected chi connectivity index (χ2v) is 14.7. The summed E-state index contributed by atoms with van der Waals surface area (Å²) in [6.45, 7) is 6.80. The number of hydrogen-bond acceptors (Lipinski definition) is 13. The van der Waals surface area contributed by atoms with Gasteiger partial charge in [0.25, 0.3) is 0 Å². The lowest BCUT2D eigenvalue weighted by molar-refractivity contribution is -0.240. The fourth-order valence-electron chi connectivity index (χ4n) is 10.2. The van der Waals surface area contributed by atoms with E-state index in [1.54, 1.807) is 42.5 Å². The third-order valence-corrected chi connectivity index (χ3v) is 11.7. The van der Waals surface area contributed by atoms with Gasteiger partial charge in [0.15, 0.2) is 23.9 Å². The number of methoxy groups -OCH3 is 1. The molecule has 6 fully saturated rings. The number of rotatable bonds is 6. The van der Waals surface area contributed by atoms with Gasteiger partial charge in [-0.25, -0.2) is 14.4 Å². The van der Waals surface area contributed by atoms with Gasteiger partial charge in [-0.3, -0.25) is 4.79 Å². The zero-order valence-corrected chi connectivity index (χ0v) is 26.9. The molecule has 4 heterocycles. The molecule has 2 spiro atoms. The number of carbonyl (C=O) groups is 4. The van der Waals surface area contributed by atoms with Gasteiger partial charge in [-0.15, -0.1) is 0 Å². The highest BCUT2D eigenvalue weighted by Crippen LogP contribution is 2.85. The van der Waals surface area contributed by atoms with Gasteiger partial charge in [0.05, 0.1) is 36.7 Å². The Kier molecular flexibility index (Phi) is 6.36. The van der Waals surface area contributed by atoms with Gasteiger partial charge in [0, 0.05) is 5.92 Å². The van der Waals surface area contributed by atoms with Crippen molar-refractivity contribution in [2.24, 2.45) is 28.1 Å². The first-order valence-electron chi connectivity index (χ1n) is 15.9. The molecule has 6 unspecified atom stereocenters. The first-order valence-corrected chi connectivity index (χ1v) is 15.9. The van der Waals surface area contributed by atoms with Crippen LogP contribution in [-0.4, -0.2) is 89.2 Å². The van der Waals surface area contributed by atoms with Crippen LogP contribution in [0, 0.1) is 28.1 Å². The van der Waals surface area contributed by atoms with E-state index in [0.29, 0.717) is 11.3 Å². The van der Waals surface area contributed by atoms with Crippen LogP contribution in [-0.2, 0) is 49.4 Å². The first kappa shape index (κ1) is 31.2. The highest BCUT2D eigenvalue weighted by molar-refractivity contribution is 5.95. The normalized spacial score (nSPS) is 43.2. The van der Waals surface area contributed by atoms with E-state index in [1.165, 1.54) is 26.2 Å². The molecule has 2 saturated carbocycles. The number of benzene rings is 2. The Hall–Kier alpha value is -4.04. The number of carbonyl (C=O) groups excluding carboxylic acids is 4. The van der Waals surface area contributed by atoms with E-state index in [1.807, 2.05) is 20.8 Å². The summed E-state index contributed by atoms with van der Waals surface area (Å²) in [5.74, 6) is -5.36. The van der Waals surface area contributed by atoms with Crippen molar-refractivity contribution in [3.63, 3.8) is 0 Å². The van der Waals surface area contributed by atoms with Gasteiger partial charge >= 0.3 is 23.9 Å². The van der Waals surface area contributed by atoms with Crippen molar-refractivity contribution in [3.05, 3.63) is 65.7 Å². The highest BCUT2D eigenvalue weighted by Gasteiger charge is 3.06. The Bertz CT molecular complexity index is 1720. The number of hydrogen-bond donors (Lipinski definition) is 2. The smallest absolute Gasteiger partial charge is 0.343 e. The lowest BCUT2D eigenvalue weighted by Gasteiger charge is -2.48. The quantitative estimate of drug-likeness (QED) is 0.338.